The molecule has 110 valence electrons. The van der Waals surface area contributed by atoms with Crippen LogP contribution in [0.3, 0.4) is 0 Å². The van der Waals surface area contributed by atoms with Crippen LogP contribution in [0.25, 0.3) is 27.8 Å². The van der Waals surface area contributed by atoms with Crippen LogP contribution in [0.1, 0.15) is 12.6 Å². The highest BCUT2D eigenvalue weighted by molar-refractivity contribution is 5.82. The summed E-state index contributed by atoms with van der Waals surface area (Å²) < 4.78 is 8.47. The third-order valence-electron chi connectivity index (χ3n) is 3.10. The van der Waals surface area contributed by atoms with Gasteiger partial charge in [-0.3, -0.25) is 4.68 Å². The van der Waals surface area contributed by atoms with Gasteiger partial charge in [-0.1, -0.05) is 0 Å². The maximum atomic E-state index is 7.26. The van der Waals surface area contributed by atoms with Crippen LogP contribution in [-0.2, 0) is 11.8 Å². The predicted molar refractivity (Wildman–Crippen MR) is 80.3 cm³/mol. The Morgan fingerprint density at radius 3 is 2.95 bits per heavy atom. The lowest BCUT2D eigenvalue weighted by molar-refractivity contribution is 0.272. The van der Waals surface area contributed by atoms with Crippen molar-refractivity contribution < 1.29 is 4.74 Å². The molecule has 3 heterocycles. The van der Waals surface area contributed by atoms with E-state index in [0.29, 0.717) is 29.5 Å². The molecule has 0 amide bonds. The van der Waals surface area contributed by atoms with E-state index >= 15 is 0 Å². The fourth-order valence-corrected chi connectivity index (χ4v) is 2.09. The molecule has 0 aliphatic carbocycles. The van der Waals surface area contributed by atoms with Crippen molar-refractivity contribution in [1.29, 1.82) is 0 Å². The summed E-state index contributed by atoms with van der Waals surface area (Å²) in [5.74, 6) is 0.573. The molecule has 0 aliphatic rings. The normalized spacial score (nSPS) is 11.1. The van der Waals surface area contributed by atoms with Gasteiger partial charge in [0.05, 0.1) is 42.9 Å². The van der Waals surface area contributed by atoms with Gasteiger partial charge in [-0.2, -0.15) is 10.2 Å². The van der Waals surface area contributed by atoms with Crippen molar-refractivity contribution >= 4 is 22.8 Å². The van der Waals surface area contributed by atoms with E-state index in [4.69, 9.17) is 11.3 Å². The van der Waals surface area contributed by atoms with Gasteiger partial charge in [0.25, 0.3) is 0 Å². The van der Waals surface area contributed by atoms with Gasteiger partial charge >= 0.3 is 0 Å². The van der Waals surface area contributed by atoms with E-state index in [9.17, 15) is 0 Å². The average molecular weight is 295 g/mol. The topological polar surface area (TPSA) is 75.0 Å². The first-order valence-electron chi connectivity index (χ1n) is 6.63. The summed E-state index contributed by atoms with van der Waals surface area (Å²) in [6, 6.07) is 0. The molecular formula is C14H13N7O. The van der Waals surface area contributed by atoms with E-state index in [1.165, 1.54) is 12.5 Å². The fourth-order valence-electron chi connectivity index (χ4n) is 2.09. The van der Waals surface area contributed by atoms with Crippen molar-refractivity contribution in [3.8, 4) is 5.82 Å². The Labute approximate surface area is 126 Å². The minimum absolute atomic E-state index is 0.423. The molecule has 8 heteroatoms. The van der Waals surface area contributed by atoms with Crippen LogP contribution in [0.2, 0.25) is 0 Å². The molecule has 0 fully saturated rings. The van der Waals surface area contributed by atoms with Crippen molar-refractivity contribution in [2.45, 2.75) is 6.92 Å². The van der Waals surface area contributed by atoms with Crippen molar-refractivity contribution in [2.75, 3.05) is 6.61 Å². The summed E-state index contributed by atoms with van der Waals surface area (Å²) in [7, 11) is 1.81. The highest BCUT2D eigenvalue weighted by Crippen LogP contribution is 2.25. The first-order valence-corrected chi connectivity index (χ1v) is 6.63. The van der Waals surface area contributed by atoms with Gasteiger partial charge in [0.1, 0.15) is 6.33 Å². The number of nitrogens with zero attached hydrogens (tertiary/aromatic N) is 7. The third-order valence-corrected chi connectivity index (χ3v) is 3.10. The number of hydrogen-bond donors (Lipinski definition) is 0. The van der Waals surface area contributed by atoms with E-state index in [1.54, 1.807) is 27.9 Å². The van der Waals surface area contributed by atoms with Crippen LogP contribution in [0.4, 0.5) is 5.69 Å². The number of aryl methyl sites for hydroxylation is 1. The Morgan fingerprint density at radius 2 is 2.18 bits per heavy atom. The second-order valence-corrected chi connectivity index (χ2v) is 4.40. The maximum absolute atomic E-state index is 7.26. The van der Waals surface area contributed by atoms with Gasteiger partial charge in [0, 0.05) is 7.05 Å². The fraction of sp³-hybridized carbons (Fsp3) is 0.214. The minimum Gasteiger partial charge on any atom is -0.501 e. The summed E-state index contributed by atoms with van der Waals surface area (Å²) in [6.07, 6.45) is 7.88. The lowest BCUT2D eigenvalue weighted by Gasteiger charge is -2.05. The molecule has 0 saturated carbocycles. The predicted octanol–water partition coefficient (Wildman–Crippen LogP) is 2.11. The summed E-state index contributed by atoms with van der Waals surface area (Å²) in [6.45, 7) is 9.70. The lowest BCUT2D eigenvalue weighted by atomic mass is 10.3. The van der Waals surface area contributed by atoms with Crippen LogP contribution >= 0.6 is 0 Å². The highest BCUT2D eigenvalue weighted by Gasteiger charge is 2.15. The third kappa shape index (κ3) is 2.18. The largest absolute Gasteiger partial charge is 0.501 e. The standard InChI is InChI=1S/C14H13N7O/c1-4-22-6-5-12-11(15-2)8-19-21(12)14-10-7-18-20(3)13(10)16-9-17-14/h5-9H,4H2,1,3H3/b6-5+. The molecule has 0 bridgehead atoms. The van der Waals surface area contributed by atoms with Crippen molar-refractivity contribution in [1.82, 2.24) is 29.5 Å². The quantitative estimate of drug-likeness (QED) is 0.544. The van der Waals surface area contributed by atoms with Gasteiger partial charge in [0.15, 0.2) is 11.5 Å². The molecule has 0 saturated heterocycles. The first kappa shape index (κ1) is 13.8. The Morgan fingerprint density at radius 1 is 1.32 bits per heavy atom. The lowest BCUT2D eigenvalue weighted by Crippen LogP contribution is -2.03. The molecule has 0 aliphatic heterocycles. The Bertz CT molecular complexity index is 884. The summed E-state index contributed by atoms with van der Waals surface area (Å²) in [4.78, 5) is 12.0. The van der Waals surface area contributed by atoms with Crippen LogP contribution in [0.15, 0.2) is 25.0 Å². The maximum Gasteiger partial charge on any atom is 0.232 e. The zero-order valence-corrected chi connectivity index (χ0v) is 12.1. The van der Waals surface area contributed by atoms with Gasteiger partial charge in [-0.25, -0.2) is 19.5 Å². The van der Waals surface area contributed by atoms with E-state index in [1.807, 2.05) is 14.0 Å². The van der Waals surface area contributed by atoms with Crippen LogP contribution in [0, 0.1) is 6.57 Å². The number of rotatable bonds is 4. The zero-order chi connectivity index (χ0) is 15.5. The van der Waals surface area contributed by atoms with Crippen LogP contribution in [-0.4, -0.2) is 36.1 Å². The van der Waals surface area contributed by atoms with E-state index < -0.39 is 0 Å². The zero-order valence-electron chi connectivity index (χ0n) is 12.1. The Hall–Kier alpha value is -3.21. The molecule has 22 heavy (non-hydrogen) atoms. The molecular weight excluding hydrogens is 282 g/mol. The molecule has 0 spiro atoms. The molecule has 0 aromatic carbocycles. The van der Waals surface area contributed by atoms with Crippen LogP contribution < -0.4 is 0 Å². The molecule has 8 nitrogen and oxygen atoms in total. The summed E-state index contributed by atoms with van der Waals surface area (Å²) in [5, 5.41) is 9.21. The molecule has 3 rings (SSSR count). The van der Waals surface area contributed by atoms with E-state index in [2.05, 4.69) is 25.0 Å². The molecule has 3 aromatic rings. The van der Waals surface area contributed by atoms with E-state index in [0.717, 1.165) is 5.39 Å². The smallest absolute Gasteiger partial charge is 0.232 e. The van der Waals surface area contributed by atoms with Gasteiger partial charge in [-0.05, 0) is 13.0 Å². The second kappa shape index (κ2) is 5.65. The number of fused-ring (bicyclic) bond motifs is 1. The van der Waals surface area contributed by atoms with Crippen molar-refractivity contribution in [3.05, 3.63) is 42.1 Å². The molecule has 0 unspecified atom stereocenters. The molecule has 0 atom stereocenters. The number of aromatic nitrogens is 6. The monoisotopic (exact) mass is 295 g/mol. The van der Waals surface area contributed by atoms with Crippen molar-refractivity contribution in [2.24, 2.45) is 7.05 Å². The second-order valence-electron chi connectivity index (χ2n) is 4.40. The van der Waals surface area contributed by atoms with E-state index in [-0.39, 0.29) is 0 Å². The van der Waals surface area contributed by atoms with Gasteiger partial charge in [-0.15, -0.1) is 0 Å². The summed E-state index contributed by atoms with van der Waals surface area (Å²) in [5.41, 5.74) is 1.73. The number of ether oxygens (including phenoxy) is 1. The average Bonchev–Trinajstić information content (AvgIpc) is 3.11. The molecule has 0 radical (unpaired) electrons. The minimum atomic E-state index is 0.423. The van der Waals surface area contributed by atoms with Gasteiger partial charge in [0.2, 0.25) is 5.69 Å². The molecule has 3 aromatic heterocycles. The number of hydrogen-bond acceptors (Lipinski definition) is 5. The summed E-state index contributed by atoms with van der Waals surface area (Å²) >= 11 is 0. The SMILES string of the molecule is [C-]#[N+]c1cnn(-c2ncnc3c2cnn3C)c1/C=C/OCC. The van der Waals surface area contributed by atoms with Gasteiger partial charge < -0.3 is 4.74 Å². The van der Waals surface area contributed by atoms with Crippen LogP contribution in [0.5, 0.6) is 0 Å². The molecule has 0 N–H and O–H groups in total. The highest BCUT2D eigenvalue weighted by atomic mass is 16.5. The first-order chi connectivity index (χ1) is 10.8. The van der Waals surface area contributed by atoms with Crippen molar-refractivity contribution in [3.63, 3.8) is 0 Å². The Balaban J connectivity index is 2.19. The Kier molecular flexibility index (Phi) is 3.53.